The fourth-order valence-electron chi connectivity index (χ4n) is 1.23. The summed E-state index contributed by atoms with van der Waals surface area (Å²) in [5.74, 6) is 0.0613. The highest BCUT2D eigenvalue weighted by Crippen LogP contribution is 1.95. The Morgan fingerprint density at radius 2 is 2.08 bits per heavy atom. The Morgan fingerprint density at radius 3 is 2.83 bits per heavy atom. The van der Waals surface area contributed by atoms with Gasteiger partial charge < -0.3 is 0 Å². The van der Waals surface area contributed by atoms with Gasteiger partial charge in [-0.3, -0.25) is 10.2 Å². The van der Waals surface area contributed by atoms with E-state index in [0.29, 0.717) is 17.2 Å². The molecule has 0 spiro atoms. The minimum atomic E-state index is 0.0613. The van der Waals surface area contributed by atoms with Crippen molar-refractivity contribution < 1.29 is 4.79 Å². The lowest BCUT2D eigenvalue weighted by molar-refractivity contribution is -0.103. The van der Waals surface area contributed by atoms with Crippen LogP contribution in [0.15, 0.2) is 29.3 Å². The standard InChI is InChI=1S/C9H6N2O/c10-9-7(5-12)6-3-1-2-4-8(6)11-9/h1-5,10H. The van der Waals surface area contributed by atoms with E-state index >= 15 is 0 Å². The van der Waals surface area contributed by atoms with Crippen LogP contribution in [0.5, 0.6) is 0 Å². The van der Waals surface area contributed by atoms with Crippen LogP contribution in [0.2, 0.25) is 0 Å². The van der Waals surface area contributed by atoms with Crippen molar-refractivity contribution in [2.75, 3.05) is 0 Å². The highest BCUT2D eigenvalue weighted by Gasteiger charge is 2.10. The molecule has 2 rings (SSSR count). The monoisotopic (exact) mass is 158 g/mol. The Morgan fingerprint density at radius 1 is 1.33 bits per heavy atom. The van der Waals surface area contributed by atoms with Crippen LogP contribution in [0.3, 0.4) is 0 Å². The molecule has 1 aromatic rings. The predicted octanol–water partition coefficient (Wildman–Crippen LogP) is -0.353. The van der Waals surface area contributed by atoms with E-state index in [1.807, 2.05) is 12.1 Å². The van der Waals surface area contributed by atoms with E-state index in [1.165, 1.54) is 0 Å². The minimum Gasteiger partial charge on any atom is -0.298 e. The number of para-hydroxylation sites is 1. The summed E-state index contributed by atoms with van der Waals surface area (Å²) in [6, 6.07) is 7.25. The molecule has 1 aliphatic rings. The average Bonchev–Trinajstić information content (AvgIpc) is 2.40. The molecule has 3 nitrogen and oxygen atoms in total. The van der Waals surface area contributed by atoms with Gasteiger partial charge in [-0.1, -0.05) is 18.2 Å². The highest BCUT2D eigenvalue weighted by molar-refractivity contribution is 6.35. The molecule has 0 amide bonds. The zero-order valence-electron chi connectivity index (χ0n) is 6.24. The molecule has 1 N–H and O–H groups in total. The van der Waals surface area contributed by atoms with E-state index in [-0.39, 0.29) is 5.84 Å². The summed E-state index contributed by atoms with van der Waals surface area (Å²) < 4.78 is 0. The van der Waals surface area contributed by atoms with Gasteiger partial charge in [-0.05, 0) is 6.07 Å². The SMILES string of the molecule is N=C1N=c2ccccc2=C1C=O. The number of nitrogens with one attached hydrogen (secondary N) is 1. The molecule has 0 aromatic heterocycles. The largest absolute Gasteiger partial charge is 0.298 e. The van der Waals surface area contributed by atoms with Crippen molar-refractivity contribution in [1.29, 1.82) is 5.41 Å². The maximum absolute atomic E-state index is 10.5. The van der Waals surface area contributed by atoms with Crippen LogP contribution in [0, 0.1) is 5.41 Å². The van der Waals surface area contributed by atoms with E-state index in [0.717, 1.165) is 5.22 Å². The first-order chi connectivity index (χ1) is 5.83. The number of hydrogen-bond donors (Lipinski definition) is 1. The van der Waals surface area contributed by atoms with E-state index in [9.17, 15) is 4.79 Å². The summed E-state index contributed by atoms with van der Waals surface area (Å²) in [6.45, 7) is 0. The molecule has 58 valence electrons. The van der Waals surface area contributed by atoms with Crippen molar-refractivity contribution >= 4 is 17.7 Å². The van der Waals surface area contributed by atoms with Crippen LogP contribution in [0.4, 0.5) is 0 Å². The van der Waals surface area contributed by atoms with Crippen molar-refractivity contribution in [2.24, 2.45) is 4.99 Å². The van der Waals surface area contributed by atoms with Gasteiger partial charge in [0.15, 0.2) is 12.1 Å². The Labute approximate surface area is 68.6 Å². The zero-order chi connectivity index (χ0) is 8.55. The second kappa shape index (κ2) is 2.37. The number of aldehydes is 1. The number of rotatable bonds is 1. The van der Waals surface area contributed by atoms with Crippen LogP contribution in [-0.4, -0.2) is 12.1 Å². The zero-order valence-corrected chi connectivity index (χ0v) is 6.24. The number of nitrogens with zero attached hydrogens (tertiary/aromatic N) is 1. The fourth-order valence-corrected chi connectivity index (χ4v) is 1.23. The van der Waals surface area contributed by atoms with Crippen LogP contribution >= 0.6 is 0 Å². The highest BCUT2D eigenvalue weighted by atomic mass is 16.1. The summed E-state index contributed by atoms with van der Waals surface area (Å²) >= 11 is 0. The molecule has 0 atom stereocenters. The van der Waals surface area contributed by atoms with Gasteiger partial charge in [-0.2, -0.15) is 0 Å². The second-order valence-corrected chi connectivity index (χ2v) is 2.51. The van der Waals surface area contributed by atoms with E-state index in [1.54, 1.807) is 12.1 Å². The second-order valence-electron chi connectivity index (χ2n) is 2.51. The Hall–Kier alpha value is -1.77. The first kappa shape index (κ1) is 6.91. The maximum atomic E-state index is 10.5. The third-order valence-electron chi connectivity index (χ3n) is 1.80. The van der Waals surface area contributed by atoms with Crippen LogP contribution in [-0.2, 0) is 4.79 Å². The fraction of sp³-hybridized carbons (Fsp3) is 0. The summed E-state index contributed by atoms with van der Waals surface area (Å²) in [4.78, 5) is 14.5. The van der Waals surface area contributed by atoms with Gasteiger partial charge in [0.05, 0.1) is 10.9 Å². The lowest BCUT2D eigenvalue weighted by Gasteiger charge is -1.85. The molecular formula is C9H6N2O. The van der Waals surface area contributed by atoms with Gasteiger partial charge in [0.2, 0.25) is 0 Å². The number of hydrogen-bond acceptors (Lipinski definition) is 2. The quantitative estimate of drug-likeness (QED) is 0.558. The van der Waals surface area contributed by atoms with Crippen LogP contribution in [0.1, 0.15) is 0 Å². The molecule has 1 aromatic carbocycles. The molecule has 0 bridgehead atoms. The molecule has 0 fully saturated rings. The van der Waals surface area contributed by atoms with Crippen molar-refractivity contribution in [1.82, 2.24) is 0 Å². The van der Waals surface area contributed by atoms with Gasteiger partial charge >= 0.3 is 0 Å². The lowest BCUT2D eigenvalue weighted by atomic mass is 10.2. The predicted molar refractivity (Wildman–Crippen MR) is 44.4 cm³/mol. The Balaban J connectivity index is 2.97. The van der Waals surface area contributed by atoms with Crippen molar-refractivity contribution in [3.63, 3.8) is 0 Å². The Bertz CT molecular complexity index is 474. The van der Waals surface area contributed by atoms with Gasteiger partial charge in [-0.15, -0.1) is 0 Å². The van der Waals surface area contributed by atoms with Crippen LogP contribution in [0.25, 0.3) is 5.57 Å². The number of fused-ring (bicyclic) bond motifs is 1. The first-order valence-electron chi connectivity index (χ1n) is 3.55. The summed E-state index contributed by atoms with van der Waals surface area (Å²) in [5.41, 5.74) is 0.380. The third-order valence-corrected chi connectivity index (χ3v) is 1.80. The van der Waals surface area contributed by atoms with E-state index < -0.39 is 0 Å². The average molecular weight is 158 g/mol. The summed E-state index contributed by atoms with van der Waals surface area (Å²) in [6.07, 6.45) is 0.678. The molecule has 0 unspecified atom stereocenters. The molecule has 1 aliphatic heterocycles. The van der Waals surface area contributed by atoms with Crippen molar-refractivity contribution in [2.45, 2.75) is 0 Å². The molecule has 0 aliphatic carbocycles. The van der Waals surface area contributed by atoms with Crippen LogP contribution < -0.4 is 10.6 Å². The first-order valence-corrected chi connectivity index (χ1v) is 3.55. The molecule has 0 saturated carbocycles. The normalized spacial score (nSPS) is 14.0. The minimum absolute atomic E-state index is 0.0613. The van der Waals surface area contributed by atoms with Gasteiger partial charge in [0, 0.05) is 5.22 Å². The number of carbonyl (C=O) groups excluding carboxylic acids is 1. The summed E-state index contributed by atoms with van der Waals surface area (Å²) in [5, 5.41) is 8.83. The number of amidine groups is 1. The van der Waals surface area contributed by atoms with E-state index in [4.69, 9.17) is 5.41 Å². The smallest absolute Gasteiger partial charge is 0.156 e. The van der Waals surface area contributed by atoms with Crippen molar-refractivity contribution in [3.05, 3.63) is 34.8 Å². The number of carbonyl (C=O) groups is 1. The third kappa shape index (κ3) is 0.797. The molecule has 3 heteroatoms. The molecule has 1 heterocycles. The summed E-state index contributed by atoms with van der Waals surface area (Å²) in [7, 11) is 0. The molecule has 12 heavy (non-hydrogen) atoms. The number of benzene rings is 1. The molecular weight excluding hydrogens is 152 g/mol. The Kier molecular flexibility index (Phi) is 1.37. The maximum Gasteiger partial charge on any atom is 0.156 e. The topological polar surface area (TPSA) is 53.3 Å². The molecule has 0 saturated heterocycles. The van der Waals surface area contributed by atoms with E-state index in [2.05, 4.69) is 4.99 Å². The van der Waals surface area contributed by atoms with Crippen molar-refractivity contribution in [3.8, 4) is 0 Å². The van der Waals surface area contributed by atoms with Gasteiger partial charge in [0.25, 0.3) is 0 Å². The van der Waals surface area contributed by atoms with Gasteiger partial charge in [0.1, 0.15) is 0 Å². The molecule has 0 radical (unpaired) electrons. The van der Waals surface area contributed by atoms with Gasteiger partial charge in [-0.25, -0.2) is 4.99 Å². The lowest BCUT2D eigenvalue weighted by Crippen LogP contribution is -2.22.